The van der Waals surface area contributed by atoms with Crippen LogP contribution in [0.4, 0.5) is 34.1 Å². The van der Waals surface area contributed by atoms with Crippen molar-refractivity contribution in [3.8, 4) is 67.0 Å². The third-order valence-corrected chi connectivity index (χ3v) is 19.7. The van der Waals surface area contributed by atoms with Crippen molar-refractivity contribution >= 4 is 101 Å². The number of rotatable bonds is 9. The van der Waals surface area contributed by atoms with Gasteiger partial charge in [0.2, 0.25) is 0 Å². The fourth-order valence-electron chi connectivity index (χ4n) is 15.2. The van der Waals surface area contributed by atoms with E-state index in [0.29, 0.717) is 0 Å². The Bertz CT molecular complexity index is 5540. The van der Waals surface area contributed by atoms with Crippen LogP contribution in [0.5, 0.6) is 0 Å². The molecule has 0 saturated heterocycles. The van der Waals surface area contributed by atoms with Gasteiger partial charge in [-0.05, 0) is 157 Å². The molecular formula is C88H63BN4. The zero-order valence-electron chi connectivity index (χ0n) is 52.0. The van der Waals surface area contributed by atoms with Gasteiger partial charge in [-0.25, -0.2) is 0 Å². The number of anilines is 6. The Morgan fingerprint density at radius 2 is 0.688 bits per heavy atom. The fourth-order valence-corrected chi connectivity index (χ4v) is 15.2. The number of fused-ring (bicyclic) bond motifs is 10. The van der Waals surface area contributed by atoms with Crippen molar-refractivity contribution in [2.75, 3.05) is 9.80 Å². The summed E-state index contributed by atoms with van der Waals surface area (Å²) in [6.45, 7) is 6.96. The number of para-hydroxylation sites is 5. The monoisotopic (exact) mass is 1190 g/mol. The molecule has 2 aliphatic rings. The molecule has 14 aromatic carbocycles. The summed E-state index contributed by atoms with van der Waals surface area (Å²) >= 11 is 0. The SMILES string of the molecule is CC(C)(C)c1cc2c3c(c1)N(c1ccc(-c4ccccc4)cc1-c1ccccc1)c1cc(-c4ccc(-c5cccc6c7ccccc7n(-c7ccccc7)c56)cc4)ccc1B3c1ccc(-n3c4ccccc4c4ccccc43)cc1N2c1ccc(-c2ccccc2)cc1. The quantitative estimate of drug-likeness (QED) is 0.134. The normalized spacial score (nSPS) is 12.6. The molecular weight excluding hydrogens is 1120 g/mol. The van der Waals surface area contributed by atoms with E-state index < -0.39 is 0 Å². The van der Waals surface area contributed by atoms with Crippen LogP contribution in [0.15, 0.2) is 328 Å². The number of aromatic nitrogens is 2. The van der Waals surface area contributed by atoms with Crippen LogP contribution in [0.25, 0.3) is 111 Å². The first kappa shape index (κ1) is 54.3. The molecule has 0 N–H and O–H groups in total. The molecule has 4 heterocycles. The lowest BCUT2D eigenvalue weighted by Gasteiger charge is -2.45. The zero-order chi connectivity index (χ0) is 61.9. The first-order chi connectivity index (χ1) is 45.8. The van der Waals surface area contributed by atoms with Gasteiger partial charge in [-0.2, -0.15) is 0 Å². The predicted molar refractivity (Wildman–Crippen MR) is 395 cm³/mol. The van der Waals surface area contributed by atoms with Crippen molar-refractivity contribution in [3.05, 3.63) is 333 Å². The Morgan fingerprint density at radius 3 is 1.32 bits per heavy atom. The lowest BCUT2D eigenvalue weighted by Crippen LogP contribution is -2.61. The highest BCUT2D eigenvalue weighted by molar-refractivity contribution is 7.00. The van der Waals surface area contributed by atoms with E-state index in [-0.39, 0.29) is 12.1 Å². The van der Waals surface area contributed by atoms with Gasteiger partial charge in [0.25, 0.3) is 6.71 Å². The molecule has 0 unspecified atom stereocenters. The minimum Gasteiger partial charge on any atom is -0.311 e. The first-order valence-electron chi connectivity index (χ1n) is 32.4. The van der Waals surface area contributed by atoms with E-state index in [2.05, 4.69) is 367 Å². The third kappa shape index (κ3) is 8.83. The van der Waals surface area contributed by atoms with Gasteiger partial charge in [-0.15, -0.1) is 0 Å². The zero-order valence-corrected chi connectivity index (χ0v) is 52.0. The van der Waals surface area contributed by atoms with E-state index in [1.165, 1.54) is 110 Å². The molecule has 0 saturated carbocycles. The molecule has 5 heteroatoms. The van der Waals surface area contributed by atoms with E-state index in [9.17, 15) is 0 Å². The summed E-state index contributed by atoms with van der Waals surface area (Å²) in [6.07, 6.45) is 0. The van der Waals surface area contributed by atoms with Gasteiger partial charge in [-0.3, -0.25) is 0 Å². The molecule has 2 aliphatic heterocycles. The Kier molecular flexibility index (Phi) is 12.6. The largest absolute Gasteiger partial charge is 0.311 e. The molecule has 4 nitrogen and oxygen atoms in total. The van der Waals surface area contributed by atoms with Gasteiger partial charge in [0.1, 0.15) is 0 Å². The molecule has 93 heavy (non-hydrogen) atoms. The van der Waals surface area contributed by atoms with Gasteiger partial charge in [-0.1, -0.05) is 263 Å². The molecule has 2 aromatic heterocycles. The Labute approximate surface area is 542 Å². The van der Waals surface area contributed by atoms with E-state index in [1.54, 1.807) is 0 Å². The van der Waals surface area contributed by atoms with Crippen molar-refractivity contribution in [1.82, 2.24) is 9.13 Å². The van der Waals surface area contributed by atoms with Crippen LogP contribution < -0.4 is 26.2 Å². The van der Waals surface area contributed by atoms with Crippen molar-refractivity contribution in [2.45, 2.75) is 26.2 Å². The van der Waals surface area contributed by atoms with Crippen LogP contribution in [-0.4, -0.2) is 15.8 Å². The molecule has 0 fully saturated rings. The van der Waals surface area contributed by atoms with Gasteiger partial charge in [0.15, 0.2) is 0 Å². The fraction of sp³-hybridized carbons (Fsp3) is 0.0455. The van der Waals surface area contributed by atoms with Crippen molar-refractivity contribution in [2.24, 2.45) is 0 Å². The maximum Gasteiger partial charge on any atom is 0.252 e. The maximum absolute atomic E-state index is 2.63. The van der Waals surface area contributed by atoms with Gasteiger partial charge in [0.05, 0.1) is 27.8 Å². The molecule has 0 aliphatic carbocycles. The molecule has 18 rings (SSSR count). The smallest absolute Gasteiger partial charge is 0.252 e. The topological polar surface area (TPSA) is 16.3 Å². The van der Waals surface area contributed by atoms with E-state index in [1.807, 2.05) is 0 Å². The van der Waals surface area contributed by atoms with Crippen LogP contribution in [-0.2, 0) is 5.41 Å². The summed E-state index contributed by atoms with van der Waals surface area (Å²) in [5.41, 5.74) is 30.5. The molecule has 0 amide bonds. The molecule has 438 valence electrons. The minimum absolute atomic E-state index is 0.130. The molecule has 0 radical (unpaired) electrons. The summed E-state index contributed by atoms with van der Waals surface area (Å²) in [5, 5.41) is 4.97. The Morgan fingerprint density at radius 1 is 0.258 bits per heavy atom. The summed E-state index contributed by atoms with van der Waals surface area (Å²) < 4.78 is 4.90. The summed E-state index contributed by atoms with van der Waals surface area (Å²) in [4.78, 5) is 5.22. The van der Waals surface area contributed by atoms with Crippen molar-refractivity contribution < 1.29 is 0 Å². The van der Waals surface area contributed by atoms with Crippen LogP contribution >= 0.6 is 0 Å². The van der Waals surface area contributed by atoms with E-state index in [0.717, 1.165) is 56.4 Å². The molecule has 0 bridgehead atoms. The Hall–Kier alpha value is -11.7. The standard InChI is InChI=1S/C88H63BN4/c1-88(2,3)66-55-84-86-85(56-66)93(81-52-46-64(59-25-10-5-11-26-59)53-75(81)62-27-12-6-13-28-62)82-54-65(61-39-41-63(42-40-61)70-34-22-35-74-73-33-18-21-38-80(73)92(87(70)74)67-29-14-7-15-30-67)45-50-76(82)89(86)77-51-49-69(91-78-36-19-16-31-71(78)72-32-17-20-37-79(72)91)57-83(77)90(84)68-47-43-60(44-48-68)58-23-8-4-9-24-58/h4-57H,1-3H3. The van der Waals surface area contributed by atoms with Gasteiger partial charge >= 0.3 is 0 Å². The third-order valence-electron chi connectivity index (χ3n) is 19.7. The van der Waals surface area contributed by atoms with Crippen LogP contribution in [0, 0.1) is 0 Å². The highest BCUT2D eigenvalue weighted by Gasteiger charge is 2.45. The summed E-state index contributed by atoms with van der Waals surface area (Å²) in [6, 6.07) is 122. The van der Waals surface area contributed by atoms with Crippen molar-refractivity contribution in [3.63, 3.8) is 0 Å². The lowest BCUT2D eigenvalue weighted by atomic mass is 9.33. The predicted octanol–water partition coefficient (Wildman–Crippen LogP) is 21.6. The van der Waals surface area contributed by atoms with Crippen LogP contribution in [0.1, 0.15) is 26.3 Å². The average Bonchev–Trinajstić information content (AvgIpc) is 1.29. The van der Waals surface area contributed by atoms with E-state index >= 15 is 0 Å². The van der Waals surface area contributed by atoms with Crippen LogP contribution in [0.2, 0.25) is 0 Å². The molecule has 0 atom stereocenters. The highest BCUT2D eigenvalue weighted by Crippen LogP contribution is 2.51. The number of hydrogen-bond donors (Lipinski definition) is 0. The highest BCUT2D eigenvalue weighted by atomic mass is 15.2. The second kappa shape index (κ2) is 21.5. The second-order valence-electron chi connectivity index (χ2n) is 26.0. The Balaban J connectivity index is 0.885. The number of benzene rings is 14. The van der Waals surface area contributed by atoms with Gasteiger partial charge < -0.3 is 18.9 Å². The average molecular weight is 1190 g/mol. The summed E-state index contributed by atoms with van der Waals surface area (Å²) in [5.74, 6) is 0. The summed E-state index contributed by atoms with van der Waals surface area (Å²) in [7, 11) is 0. The van der Waals surface area contributed by atoms with Crippen molar-refractivity contribution in [1.29, 1.82) is 0 Å². The second-order valence-corrected chi connectivity index (χ2v) is 26.0. The number of hydrogen-bond acceptors (Lipinski definition) is 2. The maximum atomic E-state index is 2.63. The minimum atomic E-state index is -0.232. The first-order valence-corrected chi connectivity index (χ1v) is 32.4. The van der Waals surface area contributed by atoms with Gasteiger partial charge in [0, 0.05) is 72.5 Å². The van der Waals surface area contributed by atoms with E-state index in [4.69, 9.17) is 0 Å². The lowest BCUT2D eigenvalue weighted by molar-refractivity contribution is 0.590. The number of nitrogens with zero attached hydrogens (tertiary/aromatic N) is 4. The molecule has 16 aromatic rings. The van der Waals surface area contributed by atoms with Crippen LogP contribution in [0.3, 0.4) is 0 Å². The molecule has 0 spiro atoms.